The molecular formula is C16H23FN2O2. The number of anilines is 1. The number of halogens is 1. The summed E-state index contributed by atoms with van der Waals surface area (Å²) in [5.74, 6) is -0.469. The number of hydrogen-bond donors (Lipinski definition) is 1. The maximum Gasteiger partial charge on any atom is 0.322 e. The Labute approximate surface area is 125 Å². The first-order valence-corrected chi connectivity index (χ1v) is 7.48. The van der Waals surface area contributed by atoms with E-state index in [1.54, 1.807) is 6.07 Å². The maximum atomic E-state index is 13.3. The molecule has 5 heteroatoms. The van der Waals surface area contributed by atoms with Crippen molar-refractivity contribution in [1.29, 1.82) is 0 Å². The van der Waals surface area contributed by atoms with E-state index in [2.05, 4.69) is 10.2 Å². The van der Waals surface area contributed by atoms with Gasteiger partial charge in [0.1, 0.15) is 11.9 Å². The minimum atomic E-state index is -0.287. The summed E-state index contributed by atoms with van der Waals surface area (Å²) >= 11 is 0. The molecule has 116 valence electrons. The SMILES string of the molecule is CCN(CCC(NC1CC1)C(=O)OC)c1cccc(F)c1. The zero-order valence-corrected chi connectivity index (χ0v) is 12.6. The molecule has 1 aliphatic carbocycles. The fraction of sp³-hybridized carbons (Fsp3) is 0.562. The van der Waals surface area contributed by atoms with Gasteiger partial charge >= 0.3 is 5.97 Å². The lowest BCUT2D eigenvalue weighted by Crippen LogP contribution is -2.41. The Hall–Kier alpha value is -1.62. The van der Waals surface area contributed by atoms with Crippen molar-refractivity contribution in [3.05, 3.63) is 30.1 Å². The van der Waals surface area contributed by atoms with Crippen LogP contribution in [-0.4, -0.2) is 38.3 Å². The van der Waals surface area contributed by atoms with Gasteiger partial charge in [0.05, 0.1) is 7.11 Å². The van der Waals surface area contributed by atoms with E-state index in [1.807, 2.05) is 13.0 Å². The van der Waals surface area contributed by atoms with E-state index < -0.39 is 0 Å². The summed E-state index contributed by atoms with van der Waals surface area (Å²) in [6.07, 6.45) is 2.89. The number of nitrogens with zero attached hydrogens (tertiary/aromatic N) is 1. The van der Waals surface area contributed by atoms with Gasteiger partial charge in [-0.25, -0.2) is 4.39 Å². The second-order valence-electron chi connectivity index (χ2n) is 5.36. The van der Waals surface area contributed by atoms with Crippen LogP contribution in [0.15, 0.2) is 24.3 Å². The predicted molar refractivity (Wildman–Crippen MR) is 80.9 cm³/mol. The molecule has 0 amide bonds. The molecule has 1 aliphatic rings. The number of esters is 1. The van der Waals surface area contributed by atoms with Gasteiger partial charge in [-0.15, -0.1) is 0 Å². The third kappa shape index (κ3) is 4.70. The average Bonchev–Trinajstić information content (AvgIpc) is 3.30. The van der Waals surface area contributed by atoms with Gasteiger partial charge in [-0.2, -0.15) is 0 Å². The van der Waals surface area contributed by atoms with Crippen LogP contribution in [0.4, 0.5) is 10.1 Å². The molecule has 1 aromatic rings. The Morgan fingerprint density at radius 1 is 1.52 bits per heavy atom. The number of carbonyl (C=O) groups is 1. The lowest BCUT2D eigenvalue weighted by molar-refractivity contribution is -0.143. The maximum absolute atomic E-state index is 13.3. The molecule has 0 aromatic heterocycles. The van der Waals surface area contributed by atoms with Crippen molar-refractivity contribution in [3.63, 3.8) is 0 Å². The van der Waals surface area contributed by atoms with E-state index in [-0.39, 0.29) is 17.8 Å². The highest BCUT2D eigenvalue weighted by atomic mass is 19.1. The third-order valence-electron chi connectivity index (χ3n) is 3.74. The summed E-state index contributed by atoms with van der Waals surface area (Å²) in [5.41, 5.74) is 0.840. The molecule has 0 saturated heterocycles. The summed E-state index contributed by atoms with van der Waals surface area (Å²) < 4.78 is 18.2. The van der Waals surface area contributed by atoms with Crippen molar-refractivity contribution < 1.29 is 13.9 Å². The molecule has 1 atom stereocenters. The van der Waals surface area contributed by atoms with Gasteiger partial charge in [-0.1, -0.05) is 6.07 Å². The number of methoxy groups -OCH3 is 1. The molecule has 2 rings (SSSR count). The average molecular weight is 294 g/mol. The number of benzene rings is 1. The van der Waals surface area contributed by atoms with Crippen LogP contribution in [-0.2, 0) is 9.53 Å². The minimum Gasteiger partial charge on any atom is -0.468 e. The monoisotopic (exact) mass is 294 g/mol. The molecule has 1 saturated carbocycles. The lowest BCUT2D eigenvalue weighted by atomic mass is 10.1. The number of hydrogen-bond acceptors (Lipinski definition) is 4. The van der Waals surface area contributed by atoms with Crippen LogP contribution >= 0.6 is 0 Å². The third-order valence-corrected chi connectivity index (χ3v) is 3.74. The van der Waals surface area contributed by atoms with Crippen molar-refractivity contribution in [2.45, 2.75) is 38.3 Å². The van der Waals surface area contributed by atoms with Gasteiger partial charge in [0.2, 0.25) is 0 Å². The highest BCUT2D eigenvalue weighted by Gasteiger charge is 2.29. The molecule has 21 heavy (non-hydrogen) atoms. The van der Waals surface area contributed by atoms with E-state index >= 15 is 0 Å². The topological polar surface area (TPSA) is 41.6 Å². The van der Waals surface area contributed by atoms with Crippen LogP contribution in [0.25, 0.3) is 0 Å². The highest BCUT2D eigenvalue weighted by molar-refractivity contribution is 5.75. The van der Waals surface area contributed by atoms with E-state index in [0.29, 0.717) is 19.0 Å². The van der Waals surface area contributed by atoms with Crippen LogP contribution in [0.2, 0.25) is 0 Å². The summed E-state index contributed by atoms with van der Waals surface area (Å²) in [6.45, 7) is 3.46. The van der Waals surface area contributed by atoms with E-state index in [9.17, 15) is 9.18 Å². The minimum absolute atomic E-state index is 0.225. The van der Waals surface area contributed by atoms with Crippen LogP contribution < -0.4 is 10.2 Å². The van der Waals surface area contributed by atoms with Gasteiger partial charge < -0.3 is 15.0 Å². The van der Waals surface area contributed by atoms with Gasteiger partial charge in [-0.05, 0) is 44.4 Å². The molecule has 1 fully saturated rings. The molecule has 0 aliphatic heterocycles. The van der Waals surface area contributed by atoms with Gasteiger partial charge in [0.15, 0.2) is 0 Å². The lowest BCUT2D eigenvalue weighted by Gasteiger charge is -2.25. The van der Waals surface area contributed by atoms with Crippen LogP contribution in [0.3, 0.4) is 0 Å². The second kappa shape index (κ2) is 7.41. The van der Waals surface area contributed by atoms with E-state index in [1.165, 1.54) is 19.2 Å². The van der Waals surface area contributed by atoms with Crippen molar-refractivity contribution in [3.8, 4) is 0 Å². The predicted octanol–water partition coefficient (Wildman–Crippen LogP) is 2.34. The first kappa shape index (κ1) is 15.8. The number of ether oxygens (including phenoxy) is 1. The number of nitrogens with one attached hydrogen (secondary N) is 1. The molecule has 1 N–H and O–H groups in total. The van der Waals surface area contributed by atoms with Crippen molar-refractivity contribution in [1.82, 2.24) is 5.32 Å². The van der Waals surface area contributed by atoms with Crippen LogP contribution in [0.5, 0.6) is 0 Å². The van der Waals surface area contributed by atoms with Crippen molar-refractivity contribution in [2.24, 2.45) is 0 Å². The summed E-state index contributed by atoms with van der Waals surface area (Å²) in [6, 6.07) is 6.69. The Morgan fingerprint density at radius 2 is 2.29 bits per heavy atom. The summed E-state index contributed by atoms with van der Waals surface area (Å²) in [5, 5.41) is 3.31. The quantitative estimate of drug-likeness (QED) is 0.747. The zero-order valence-electron chi connectivity index (χ0n) is 12.6. The van der Waals surface area contributed by atoms with E-state index in [4.69, 9.17) is 4.74 Å². The van der Waals surface area contributed by atoms with Gasteiger partial charge in [-0.3, -0.25) is 4.79 Å². The molecule has 0 heterocycles. The number of rotatable bonds is 8. The van der Waals surface area contributed by atoms with Crippen LogP contribution in [0, 0.1) is 5.82 Å². The summed E-state index contributed by atoms with van der Waals surface area (Å²) in [7, 11) is 1.41. The normalized spacial score (nSPS) is 15.6. The second-order valence-corrected chi connectivity index (χ2v) is 5.36. The molecule has 0 bridgehead atoms. The molecule has 1 unspecified atom stereocenters. The Bertz CT molecular complexity index is 477. The van der Waals surface area contributed by atoms with Crippen molar-refractivity contribution in [2.75, 3.05) is 25.1 Å². The van der Waals surface area contributed by atoms with E-state index in [0.717, 1.165) is 25.1 Å². The summed E-state index contributed by atoms with van der Waals surface area (Å²) in [4.78, 5) is 13.9. The Morgan fingerprint density at radius 3 is 2.86 bits per heavy atom. The van der Waals surface area contributed by atoms with Crippen molar-refractivity contribution >= 4 is 11.7 Å². The smallest absolute Gasteiger partial charge is 0.322 e. The van der Waals surface area contributed by atoms with Gasteiger partial charge in [0.25, 0.3) is 0 Å². The fourth-order valence-corrected chi connectivity index (χ4v) is 2.37. The number of carbonyl (C=O) groups excluding carboxylic acids is 1. The molecular weight excluding hydrogens is 271 g/mol. The molecule has 0 spiro atoms. The Balaban J connectivity index is 1.94. The highest BCUT2D eigenvalue weighted by Crippen LogP contribution is 2.21. The zero-order chi connectivity index (χ0) is 15.2. The Kier molecular flexibility index (Phi) is 5.56. The largest absolute Gasteiger partial charge is 0.468 e. The first-order valence-electron chi connectivity index (χ1n) is 7.48. The first-order chi connectivity index (χ1) is 10.1. The molecule has 1 aromatic carbocycles. The molecule has 4 nitrogen and oxygen atoms in total. The van der Waals surface area contributed by atoms with Crippen LogP contribution in [0.1, 0.15) is 26.2 Å². The molecule has 0 radical (unpaired) electrons. The van der Waals surface area contributed by atoms with Gasteiger partial charge in [0, 0.05) is 24.8 Å². The standard InChI is InChI=1S/C16H23FN2O2/c1-3-19(14-6-4-5-12(17)11-14)10-9-15(16(20)21-2)18-13-7-8-13/h4-6,11,13,15,18H,3,7-10H2,1-2H3. The fourth-order valence-electron chi connectivity index (χ4n) is 2.37.